The van der Waals surface area contributed by atoms with Gasteiger partial charge in [-0.3, -0.25) is 14.4 Å². The number of rotatable bonds is 6. The normalized spacial score (nSPS) is 19.9. The molecule has 9 nitrogen and oxygen atoms in total. The zero-order valence-electron chi connectivity index (χ0n) is 24.4. The van der Waals surface area contributed by atoms with Crippen molar-refractivity contribution >= 4 is 23.9 Å². The summed E-state index contributed by atoms with van der Waals surface area (Å²) in [6.07, 6.45) is 0.00512. The molecule has 10 heteroatoms. The molecule has 2 aliphatic heterocycles. The molecule has 1 saturated heterocycles. The Balaban J connectivity index is 1.79. The molecule has 2 aliphatic rings. The minimum absolute atomic E-state index is 0.0192. The fourth-order valence-corrected chi connectivity index (χ4v) is 5.43. The van der Waals surface area contributed by atoms with Gasteiger partial charge >= 0.3 is 12.1 Å². The van der Waals surface area contributed by atoms with Gasteiger partial charge in [0, 0.05) is 30.6 Å². The molecule has 0 bridgehead atoms. The average molecular weight is 548 g/mol. The number of fused-ring (bicyclic) bond motifs is 1. The maximum atomic E-state index is 16.0. The molecular formula is C29H42FN3O6. The van der Waals surface area contributed by atoms with E-state index in [1.807, 2.05) is 34.6 Å². The van der Waals surface area contributed by atoms with Gasteiger partial charge in [0.05, 0.1) is 6.54 Å². The number of likely N-dealkylation sites (tertiary alicyclic amines) is 1. The predicted molar refractivity (Wildman–Crippen MR) is 143 cm³/mol. The second kappa shape index (κ2) is 10.8. The van der Waals surface area contributed by atoms with Crippen LogP contribution >= 0.6 is 0 Å². The fourth-order valence-electron chi connectivity index (χ4n) is 5.43. The Morgan fingerprint density at radius 3 is 2.26 bits per heavy atom. The smallest absolute Gasteiger partial charge is 0.410 e. The maximum absolute atomic E-state index is 16.0. The Hall–Kier alpha value is -3.17. The van der Waals surface area contributed by atoms with E-state index in [1.54, 1.807) is 37.8 Å². The molecule has 216 valence electrons. The number of nitrogens with zero attached hydrogens (tertiary/aromatic N) is 2. The van der Waals surface area contributed by atoms with Crippen LogP contribution < -0.4 is 5.73 Å². The summed E-state index contributed by atoms with van der Waals surface area (Å²) in [5.41, 5.74) is 4.71. The first-order valence-electron chi connectivity index (χ1n) is 13.4. The van der Waals surface area contributed by atoms with Gasteiger partial charge in [-0.15, -0.1) is 0 Å². The van der Waals surface area contributed by atoms with Crippen LogP contribution in [-0.4, -0.2) is 64.0 Å². The summed E-state index contributed by atoms with van der Waals surface area (Å²) < 4.78 is 26.8. The number of halogens is 1. The van der Waals surface area contributed by atoms with Gasteiger partial charge in [0.1, 0.15) is 23.1 Å². The lowest BCUT2D eigenvalue weighted by Crippen LogP contribution is -2.49. The van der Waals surface area contributed by atoms with Gasteiger partial charge in [-0.1, -0.05) is 19.9 Å². The first-order chi connectivity index (χ1) is 17.8. The van der Waals surface area contributed by atoms with Crippen LogP contribution in [0.2, 0.25) is 0 Å². The molecule has 2 N–H and O–H groups in total. The minimum atomic E-state index is -1.08. The SMILES string of the molecule is CC(C)(C)OC(=O)CC[C@@H](C(N)=O)N1Cc2c(ccc(C3CCN(C(=O)OC(C)(C)C)CC3(C)C)c2F)C1=O. The molecule has 1 fully saturated rings. The van der Waals surface area contributed by atoms with Gasteiger partial charge in [-0.2, -0.15) is 0 Å². The Labute approximate surface area is 230 Å². The van der Waals surface area contributed by atoms with E-state index in [-0.39, 0.29) is 36.4 Å². The fraction of sp³-hybridized carbons (Fsp3) is 0.655. The number of benzene rings is 1. The molecule has 0 spiro atoms. The van der Waals surface area contributed by atoms with Crippen molar-refractivity contribution in [2.24, 2.45) is 11.1 Å². The van der Waals surface area contributed by atoms with E-state index in [9.17, 15) is 19.2 Å². The van der Waals surface area contributed by atoms with Gasteiger partial charge < -0.3 is 25.0 Å². The molecular weight excluding hydrogens is 505 g/mol. The van der Waals surface area contributed by atoms with E-state index in [0.717, 1.165) is 0 Å². The van der Waals surface area contributed by atoms with E-state index in [0.29, 0.717) is 25.1 Å². The van der Waals surface area contributed by atoms with Crippen molar-refractivity contribution in [3.63, 3.8) is 0 Å². The Bertz CT molecular complexity index is 1150. The highest BCUT2D eigenvalue weighted by atomic mass is 19.1. The van der Waals surface area contributed by atoms with Crippen LogP contribution in [0.25, 0.3) is 0 Å². The molecule has 39 heavy (non-hydrogen) atoms. The van der Waals surface area contributed by atoms with Crippen molar-refractivity contribution < 1.29 is 33.0 Å². The van der Waals surface area contributed by atoms with E-state index in [4.69, 9.17) is 15.2 Å². The molecule has 1 unspecified atom stereocenters. The average Bonchev–Trinajstić information content (AvgIpc) is 3.08. The van der Waals surface area contributed by atoms with E-state index >= 15 is 4.39 Å². The van der Waals surface area contributed by atoms with Crippen LogP contribution in [-0.2, 0) is 25.6 Å². The number of primary amides is 1. The second-order valence-electron chi connectivity index (χ2n) is 13.2. The lowest BCUT2D eigenvalue weighted by Gasteiger charge is -2.44. The van der Waals surface area contributed by atoms with Gasteiger partial charge in [0.25, 0.3) is 5.91 Å². The van der Waals surface area contributed by atoms with Crippen LogP contribution in [0.1, 0.15) is 102 Å². The van der Waals surface area contributed by atoms with Crippen LogP contribution in [0.5, 0.6) is 0 Å². The molecule has 2 heterocycles. The zero-order chi connectivity index (χ0) is 29.5. The second-order valence-corrected chi connectivity index (χ2v) is 13.2. The topological polar surface area (TPSA) is 119 Å². The number of ether oxygens (including phenoxy) is 2. The maximum Gasteiger partial charge on any atom is 0.410 e. The number of hydrogen-bond acceptors (Lipinski definition) is 6. The summed E-state index contributed by atoms with van der Waals surface area (Å²) in [6, 6.07) is 2.15. The van der Waals surface area contributed by atoms with Crippen molar-refractivity contribution in [2.75, 3.05) is 13.1 Å². The predicted octanol–water partition coefficient (Wildman–Crippen LogP) is 4.51. The molecule has 0 radical (unpaired) electrons. The Morgan fingerprint density at radius 1 is 1.10 bits per heavy atom. The van der Waals surface area contributed by atoms with Crippen molar-refractivity contribution in [1.29, 1.82) is 0 Å². The monoisotopic (exact) mass is 547 g/mol. The Morgan fingerprint density at radius 2 is 1.72 bits per heavy atom. The number of carbonyl (C=O) groups excluding carboxylic acids is 4. The molecule has 1 aromatic rings. The van der Waals surface area contributed by atoms with Gasteiger partial charge in [0.15, 0.2) is 0 Å². The molecule has 0 saturated carbocycles. The highest BCUT2D eigenvalue weighted by Gasteiger charge is 2.43. The first kappa shape index (κ1) is 30.4. The van der Waals surface area contributed by atoms with E-state index < -0.39 is 52.4 Å². The van der Waals surface area contributed by atoms with Gasteiger partial charge in [-0.05, 0) is 77.3 Å². The molecule has 0 aliphatic carbocycles. The van der Waals surface area contributed by atoms with Crippen LogP contribution in [0, 0.1) is 11.2 Å². The third kappa shape index (κ3) is 7.08. The first-order valence-corrected chi connectivity index (χ1v) is 13.4. The van der Waals surface area contributed by atoms with Crippen molar-refractivity contribution in [1.82, 2.24) is 9.80 Å². The van der Waals surface area contributed by atoms with Crippen molar-refractivity contribution in [3.05, 3.63) is 34.6 Å². The highest BCUT2D eigenvalue weighted by molar-refractivity contribution is 6.01. The number of esters is 1. The number of carbonyl (C=O) groups is 4. The zero-order valence-corrected chi connectivity index (χ0v) is 24.4. The summed E-state index contributed by atoms with van der Waals surface area (Å²) in [7, 11) is 0. The number of piperidine rings is 1. The van der Waals surface area contributed by atoms with Crippen LogP contribution in [0.3, 0.4) is 0 Å². The van der Waals surface area contributed by atoms with Crippen molar-refractivity contribution in [2.45, 2.75) is 104 Å². The highest BCUT2D eigenvalue weighted by Crippen LogP contribution is 2.45. The van der Waals surface area contributed by atoms with Gasteiger partial charge in [0.2, 0.25) is 5.91 Å². The largest absolute Gasteiger partial charge is 0.460 e. The number of nitrogens with two attached hydrogens (primary N) is 1. The van der Waals surface area contributed by atoms with Crippen molar-refractivity contribution in [3.8, 4) is 0 Å². The summed E-state index contributed by atoms with van der Waals surface area (Å²) in [4.78, 5) is 53.2. The summed E-state index contributed by atoms with van der Waals surface area (Å²) in [5, 5.41) is 0. The lowest BCUT2D eigenvalue weighted by atomic mass is 9.70. The Kier molecular flexibility index (Phi) is 8.39. The molecule has 0 aromatic heterocycles. The van der Waals surface area contributed by atoms with Crippen LogP contribution in [0.15, 0.2) is 12.1 Å². The van der Waals surface area contributed by atoms with Crippen LogP contribution in [0.4, 0.5) is 9.18 Å². The molecule has 1 aromatic carbocycles. The molecule has 3 amide bonds. The number of hydrogen-bond donors (Lipinski definition) is 1. The summed E-state index contributed by atoms with van der Waals surface area (Å²) in [5.74, 6) is -2.46. The quantitative estimate of drug-likeness (QED) is 0.524. The summed E-state index contributed by atoms with van der Waals surface area (Å²) >= 11 is 0. The molecule has 3 rings (SSSR count). The number of amides is 3. The minimum Gasteiger partial charge on any atom is -0.460 e. The van der Waals surface area contributed by atoms with Gasteiger partial charge in [-0.25, -0.2) is 9.18 Å². The summed E-state index contributed by atoms with van der Waals surface area (Å²) in [6.45, 7) is 15.3. The van der Waals surface area contributed by atoms with E-state index in [2.05, 4.69) is 0 Å². The standard InChI is InChI=1S/C29H42FN3O6/c1-27(2,3)38-22(34)12-11-21(24(31)35)33-15-19-17(25(33)36)9-10-18(23(19)30)20-13-14-32(16-29(20,7)8)26(37)39-28(4,5)6/h9-10,20-21H,11-16H2,1-8H3,(H2,31,35)/t20?,21-/m0/s1. The third-order valence-electron chi connectivity index (χ3n) is 7.10. The lowest BCUT2D eigenvalue weighted by molar-refractivity contribution is -0.155. The van der Waals surface area contributed by atoms with E-state index in [1.165, 1.54) is 4.90 Å². The molecule has 2 atom stereocenters. The third-order valence-corrected chi connectivity index (χ3v) is 7.10.